The van der Waals surface area contributed by atoms with Crippen LogP contribution < -0.4 is 4.72 Å². The Morgan fingerprint density at radius 2 is 2.39 bits per heavy atom. The molecule has 0 amide bonds. The minimum Gasteiger partial charge on any atom is -0.480 e. The molecule has 0 saturated heterocycles. The van der Waals surface area contributed by atoms with Gasteiger partial charge in [-0.25, -0.2) is 8.42 Å². The molecule has 0 aliphatic rings. The fourth-order valence-corrected chi connectivity index (χ4v) is 3.17. The second kappa shape index (κ2) is 5.51. The van der Waals surface area contributed by atoms with Gasteiger partial charge < -0.3 is 5.11 Å². The van der Waals surface area contributed by atoms with E-state index in [0.29, 0.717) is 0 Å². The summed E-state index contributed by atoms with van der Waals surface area (Å²) in [4.78, 5) is 10.9. The number of nitrogens with one attached hydrogen (secondary N) is 1. The van der Waals surface area contributed by atoms with Gasteiger partial charge in [0.1, 0.15) is 6.04 Å². The van der Waals surface area contributed by atoms with Gasteiger partial charge >= 0.3 is 5.97 Å². The predicted octanol–water partition coefficient (Wildman–Crippen LogP) is 0.381. The van der Waals surface area contributed by atoms with Gasteiger partial charge in [-0.1, -0.05) is 17.7 Å². The monoisotopic (exact) mass is 293 g/mol. The van der Waals surface area contributed by atoms with Gasteiger partial charge in [-0.3, -0.25) is 9.48 Å². The Hall–Kier alpha value is -1.38. The predicted molar refractivity (Wildman–Crippen MR) is 64.8 cm³/mol. The summed E-state index contributed by atoms with van der Waals surface area (Å²) in [5.74, 6) is -1.29. The van der Waals surface area contributed by atoms with Crippen molar-refractivity contribution in [1.29, 1.82) is 0 Å². The highest BCUT2D eigenvalue weighted by Crippen LogP contribution is 2.20. The lowest BCUT2D eigenvalue weighted by Crippen LogP contribution is -2.41. The van der Waals surface area contributed by atoms with Gasteiger partial charge in [-0.2, -0.15) is 9.82 Å². The largest absolute Gasteiger partial charge is 0.480 e. The first-order chi connectivity index (χ1) is 8.29. The van der Waals surface area contributed by atoms with Crippen LogP contribution in [0.4, 0.5) is 0 Å². The van der Waals surface area contributed by atoms with Gasteiger partial charge in [0, 0.05) is 7.05 Å². The second-order valence-corrected chi connectivity index (χ2v) is 5.49. The summed E-state index contributed by atoms with van der Waals surface area (Å²) in [6, 6.07) is -1.29. The molecule has 1 heterocycles. The topological polar surface area (TPSA) is 101 Å². The van der Waals surface area contributed by atoms with Crippen molar-refractivity contribution in [2.75, 3.05) is 0 Å². The number of rotatable bonds is 6. The van der Waals surface area contributed by atoms with Crippen molar-refractivity contribution in [3.8, 4) is 0 Å². The maximum Gasteiger partial charge on any atom is 0.322 e. The van der Waals surface area contributed by atoms with E-state index in [1.165, 1.54) is 19.3 Å². The molecule has 0 radical (unpaired) electrons. The van der Waals surface area contributed by atoms with Crippen LogP contribution in [-0.4, -0.2) is 35.3 Å². The molecule has 7 nitrogen and oxygen atoms in total. The number of sulfonamides is 1. The number of nitrogens with zero attached hydrogens (tertiary/aromatic N) is 2. The maximum atomic E-state index is 12.0. The normalized spacial score (nSPS) is 13.2. The minimum absolute atomic E-state index is 0.0377. The molecule has 1 aromatic heterocycles. The van der Waals surface area contributed by atoms with Crippen LogP contribution in [-0.2, 0) is 21.9 Å². The fourth-order valence-electron chi connectivity index (χ4n) is 1.31. The van der Waals surface area contributed by atoms with Crippen molar-refractivity contribution in [3.05, 3.63) is 23.9 Å². The van der Waals surface area contributed by atoms with Crippen molar-refractivity contribution in [1.82, 2.24) is 14.5 Å². The molecule has 1 atom stereocenters. The third-order valence-corrected chi connectivity index (χ3v) is 4.07. The molecule has 0 aliphatic carbocycles. The quantitative estimate of drug-likeness (QED) is 0.738. The van der Waals surface area contributed by atoms with Crippen molar-refractivity contribution in [2.45, 2.75) is 17.5 Å². The first-order valence-corrected chi connectivity index (χ1v) is 6.69. The Morgan fingerprint density at radius 1 is 1.78 bits per heavy atom. The summed E-state index contributed by atoms with van der Waals surface area (Å²) in [6.45, 7) is 3.37. The van der Waals surface area contributed by atoms with Crippen LogP contribution in [0.1, 0.15) is 6.42 Å². The van der Waals surface area contributed by atoms with Gasteiger partial charge in [0.15, 0.2) is 5.03 Å². The molecular formula is C9H12ClN3O4S. The van der Waals surface area contributed by atoms with E-state index in [2.05, 4.69) is 11.7 Å². The van der Waals surface area contributed by atoms with Gasteiger partial charge in [0.05, 0.1) is 11.2 Å². The maximum absolute atomic E-state index is 12.0. The molecule has 1 unspecified atom stereocenters. The van der Waals surface area contributed by atoms with E-state index in [4.69, 9.17) is 16.7 Å². The lowest BCUT2D eigenvalue weighted by atomic mass is 10.2. The molecule has 0 saturated carbocycles. The van der Waals surface area contributed by atoms with Crippen LogP contribution in [0.2, 0.25) is 5.02 Å². The molecular weight excluding hydrogens is 282 g/mol. The molecule has 100 valence electrons. The number of carboxylic acid groups (broad SMARTS) is 1. The zero-order chi connectivity index (χ0) is 13.9. The molecule has 0 bridgehead atoms. The van der Waals surface area contributed by atoms with Crippen LogP contribution in [0.15, 0.2) is 23.9 Å². The highest BCUT2D eigenvalue weighted by molar-refractivity contribution is 7.89. The van der Waals surface area contributed by atoms with Crippen LogP contribution in [0.5, 0.6) is 0 Å². The van der Waals surface area contributed by atoms with E-state index in [9.17, 15) is 13.2 Å². The van der Waals surface area contributed by atoms with Gasteiger partial charge in [0.25, 0.3) is 10.0 Å². The average molecular weight is 294 g/mol. The average Bonchev–Trinajstić information content (AvgIpc) is 2.58. The van der Waals surface area contributed by atoms with E-state index in [1.807, 2.05) is 4.72 Å². The Bertz CT molecular complexity index is 547. The lowest BCUT2D eigenvalue weighted by molar-refractivity contribution is -0.138. The summed E-state index contributed by atoms with van der Waals surface area (Å²) in [5.41, 5.74) is 0. The zero-order valence-corrected chi connectivity index (χ0v) is 11.1. The van der Waals surface area contributed by atoms with Crippen LogP contribution in [0.3, 0.4) is 0 Å². The van der Waals surface area contributed by atoms with Crippen molar-refractivity contribution in [2.24, 2.45) is 7.05 Å². The van der Waals surface area contributed by atoms with Crippen LogP contribution in [0.25, 0.3) is 0 Å². The Balaban J connectivity index is 3.08. The van der Waals surface area contributed by atoms with E-state index in [0.717, 1.165) is 4.68 Å². The van der Waals surface area contributed by atoms with E-state index < -0.39 is 22.0 Å². The molecule has 0 fully saturated rings. The second-order valence-electron chi connectivity index (χ2n) is 3.46. The number of aryl methyl sites for hydroxylation is 1. The Morgan fingerprint density at radius 3 is 2.78 bits per heavy atom. The molecule has 0 aromatic carbocycles. The number of halogens is 1. The smallest absolute Gasteiger partial charge is 0.322 e. The summed E-state index contributed by atoms with van der Waals surface area (Å²) in [6.07, 6.45) is 2.44. The summed E-state index contributed by atoms with van der Waals surface area (Å²) in [7, 11) is -2.66. The molecule has 0 spiro atoms. The van der Waals surface area contributed by atoms with Gasteiger partial charge in [-0.15, -0.1) is 6.58 Å². The zero-order valence-electron chi connectivity index (χ0n) is 9.50. The standard InChI is InChI=1S/C9H12ClN3O4S/c1-3-4-7(9(14)15)12-18(16,17)8-6(10)5-11-13(8)2/h3,5,7,12H,1,4H2,2H3,(H,14,15). The number of hydrogen-bond donors (Lipinski definition) is 2. The highest BCUT2D eigenvalue weighted by atomic mass is 35.5. The number of carbonyl (C=O) groups is 1. The van der Waals surface area contributed by atoms with Gasteiger partial charge in [-0.05, 0) is 6.42 Å². The van der Waals surface area contributed by atoms with Gasteiger partial charge in [0.2, 0.25) is 0 Å². The summed E-state index contributed by atoms with van der Waals surface area (Å²) < 4.78 is 27.0. The lowest BCUT2D eigenvalue weighted by Gasteiger charge is -2.13. The molecule has 0 aliphatic heterocycles. The third-order valence-electron chi connectivity index (χ3n) is 2.09. The Labute approximate surface area is 109 Å². The summed E-state index contributed by atoms with van der Waals surface area (Å²) in [5, 5.41) is 12.2. The molecule has 9 heteroatoms. The minimum atomic E-state index is -4.05. The summed E-state index contributed by atoms with van der Waals surface area (Å²) >= 11 is 5.70. The van der Waals surface area contributed by atoms with Crippen molar-refractivity contribution < 1.29 is 18.3 Å². The van der Waals surface area contributed by atoms with E-state index in [1.54, 1.807) is 0 Å². The van der Waals surface area contributed by atoms with Crippen molar-refractivity contribution in [3.63, 3.8) is 0 Å². The fraction of sp³-hybridized carbons (Fsp3) is 0.333. The van der Waals surface area contributed by atoms with Crippen LogP contribution >= 0.6 is 11.6 Å². The third kappa shape index (κ3) is 3.09. The molecule has 1 aromatic rings. The molecule has 2 N–H and O–H groups in total. The molecule has 1 rings (SSSR count). The van der Waals surface area contributed by atoms with Crippen LogP contribution in [0, 0.1) is 0 Å². The number of carboxylic acids is 1. The molecule has 18 heavy (non-hydrogen) atoms. The van der Waals surface area contributed by atoms with Crippen molar-refractivity contribution >= 4 is 27.6 Å². The SMILES string of the molecule is C=CCC(NS(=O)(=O)c1c(Cl)cnn1C)C(=O)O. The number of hydrogen-bond acceptors (Lipinski definition) is 4. The van der Waals surface area contributed by atoms with E-state index >= 15 is 0 Å². The number of aromatic nitrogens is 2. The van der Waals surface area contributed by atoms with E-state index in [-0.39, 0.29) is 16.5 Å². The highest BCUT2D eigenvalue weighted by Gasteiger charge is 2.28. The first kappa shape index (κ1) is 14.7. The number of aliphatic carboxylic acids is 1. The Kier molecular flexibility index (Phi) is 4.49. The first-order valence-electron chi connectivity index (χ1n) is 4.83.